The third kappa shape index (κ3) is 4.76. The maximum Gasteiger partial charge on any atom is 0.417 e. The van der Waals surface area contributed by atoms with Crippen LogP contribution in [0.2, 0.25) is 5.02 Å². The van der Waals surface area contributed by atoms with Crippen molar-refractivity contribution >= 4 is 40.5 Å². The Kier molecular flexibility index (Phi) is 6.45. The van der Waals surface area contributed by atoms with Crippen LogP contribution in [-0.2, 0) is 11.0 Å². The molecule has 1 aromatic heterocycles. The molecule has 1 aliphatic carbocycles. The number of aliphatic imine (C=N–C) groups is 1. The fourth-order valence-electron chi connectivity index (χ4n) is 4.21. The van der Waals surface area contributed by atoms with Gasteiger partial charge in [-0.05, 0) is 74.4 Å². The van der Waals surface area contributed by atoms with Gasteiger partial charge in [-0.3, -0.25) is 9.79 Å². The van der Waals surface area contributed by atoms with Gasteiger partial charge in [-0.15, -0.1) is 0 Å². The van der Waals surface area contributed by atoms with E-state index in [4.69, 9.17) is 16.6 Å². The molecule has 1 saturated carbocycles. The molecule has 2 fully saturated rings. The molecule has 1 aromatic carbocycles. The molecule has 4 nitrogen and oxygen atoms in total. The summed E-state index contributed by atoms with van der Waals surface area (Å²) in [6.07, 6.45) is 2.87. The zero-order chi connectivity index (χ0) is 23.0. The number of halogens is 4. The van der Waals surface area contributed by atoms with Crippen LogP contribution in [0.15, 0.2) is 34.2 Å². The van der Waals surface area contributed by atoms with Crippen molar-refractivity contribution in [1.82, 2.24) is 9.88 Å². The Labute approximate surface area is 193 Å². The Bertz CT molecular complexity index is 1110. The number of hydrogen-bond acceptors (Lipinski definition) is 3. The Morgan fingerprint density at radius 3 is 2.59 bits per heavy atom. The zero-order valence-electron chi connectivity index (χ0n) is 17.7. The number of rotatable bonds is 3. The van der Waals surface area contributed by atoms with Crippen LogP contribution in [0.25, 0.3) is 11.8 Å². The van der Waals surface area contributed by atoms with Crippen molar-refractivity contribution in [3.8, 4) is 5.69 Å². The van der Waals surface area contributed by atoms with E-state index >= 15 is 0 Å². The van der Waals surface area contributed by atoms with Crippen LogP contribution >= 0.6 is 23.4 Å². The fourth-order valence-corrected chi connectivity index (χ4v) is 5.31. The monoisotopic (exact) mass is 481 g/mol. The molecule has 0 atom stereocenters. The van der Waals surface area contributed by atoms with E-state index in [1.54, 1.807) is 16.7 Å². The maximum atomic E-state index is 13.3. The third-order valence-corrected chi connectivity index (χ3v) is 7.05. The first-order valence-electron chi connectivity index (χ1n) is 10.5. The van der Waals surface area contributed by atoms with Gasteiger partial charge in [0.25, 0.3) is 5.91 Å². The number of hydrogen-bond donors (Lipinski definition) is 1. The zero-order valence-corrected chi connectivity index (χ0v) is 19.3. The first kappa shape index (κ1) is 23.0. The molecular weight excluding hydrogens is 459 g/mol. The number of aryl methyl sites for hydroxylation is 1. The highest BCUT2D eigenvalue weighted by atomic mass is 35.5. The van der Waals surface area contributed by atoms with Gasteiger partial charge in [-0.25, -0.2) is 0 Å². The van der Waals surface area contributed by atoms with Gasteiger partial charge in [-0.2, -0.15) is 13.2 Å². The normalized spacial score (nSPS) is 20.4. The molecule has 1 aliphatic heterocycles. The standard InChI is InChI=1S/C23H23ClF3N3OS/c1-13-10-15(11-20-21(31)29-22(32-20)28-16-6-4-3-5-7-16)14(2)30(13)17-8-9-19(24)18(12-17)23(25,26)27/h8-12,16H,3-7H2,1-2H3,(H,28,29,31). The summed E-state index contributed by atoms with van der Waals surface area (Å²) >= 11 is 7.08. The molecule has 0 spiro atoms. The quantitative estimate of drug-likeness (QED) is 0.498. The van der Waals surface area contributed by atoms with Crippen molar-refractivity contribution in [2.75, 3.05) is 0 Å². The summed E-state index contributed by atoms with van der Waals surface area (Å²) in [4.78, 5) is 17.7. The molecule has 0 bridgehead atoms. The molecule has 0 radical (unpaired) electrons. The Morgan fingerprint density at radius 1 is 1.19 bits per heavy atom. The van der Waals surface area contributed by atoms with Crippen LogP contribution in [0, 0.1) is 13.8 Å². The first-order chi connectivity index (χ1) is 15.1. The summed E-state index contributed by atoms with van der Waals surface area (Å²) in [7, 11) is 0. The van der Waals surface area contributed by atoms with Crippen LogP contribution in [0.5, 0.6) is 0 Å². The lowest BCUT2D eigenvalue weighted by Gasteiger charge is -2.17. The average molecular weight is 482 g/mol. The summed E-state index contributed by atoms with van der Waals surface area (Å²) in [6, 6.07) is 5.97. The van der Waals surface area contributed by atoms with Crippen LogP contribution in [0.3, 0.4) is 0 Å². The number of nitrogens with zero attached hydrogens (tertiary/aromatic N) is 2. The minimum atomic E-state index is -4.54. The fraction of sp³-hybridized carbons (Fsp3) is 0.391. The predicted molar refractivity (Wildman–Crippen MR) is 123 cm³/mol. The molecular formula is C23H23ClF3N3OS. The van der Waals surface area contributed by atoms with Gasteiger partial charge in [0.05, 0.1) is 21.5 Å². The van der Waals surface area contributed by atoms with E-state index in [0.29, 0.717) is 15.8 Å². The van der Waals surface area contributed by atoms with E-state index in [-0.39, 0.29) is 17.0 Å². The predicted octanol–water partition coefficient (Wildman–Crippen LogP) is 6.66. The Hall–Kier alpha value is -2.19. The van der Waals surface area contributed by atoms with Crippen LogP contribution in [0.4, 0.5) is 13.2 Å². The van der Waals surface area contributed by atoms with E-state index in [9.17, 15) is 18.0 Å². The van der Waals surface area contributed by atoms with Crippen molar-refractivity contribution in [1.29, 1.82) is 0 Å². The van der Waals surface area contributed by atoms with Gasteiger partial charge < -0.3 is 9.88 Å². The maximum absolute atomic E-state index is 13.3. The van der Waals surface area contributed by atoms with Crippen LogP contribution in [-0.4, -0.2) is 21.7 Å². The van der Waals surface area contributed by atoms with Crippen molar-refractivity contribution in [3.05, 3.63) is 56.7 Å². The number of amidine groups is 1. The van der Waals surface area contributed by atoms with Crippen molar-refractivity contribution < 1.29 is 18.0 Å². The molecule has 2 aliphatic rings. The number of thioether (sulfide) groups is 1. The number of benzene rings is 1. The van der Waals surface area contributed by atoms with Crippen LogP contribution in [0.1, 0.15) is 54.6 Å². The lowest BCUT2D eigenvalue weighted by atomic mass is 9.96. The molecule has 32 heavy (non-hydrogen) atoms. The molecule has 9 heteroatoms. The van der Waals surface area contributed by atoms with Crippen molar-refractivity contribution in [3.63, 3.8) is 0 Å². The lowest BCUT2D eigenvalue weighted by Crippen LogP contribution is -2.22. The number of nitrogens with one attached hydrogen (secondary N) is 1. The minimum absolute atomic E-state index is 0.208. The largest absolute Gasteiger partial charge is 0.417 e. The van der Waals surface area contributed by atoms with Gasteiger partial charge in [0, 0.05) is 17.1 Å². The second-order valence-electron chi connectivity index (χ2n) is 8.11. The summed E-state index contributed by atoms with van der Waals surface area (Å²) in [5, 5.41) is 3.12. The summed E-state index contributed by atoms with van der Waals surface area (Å²) in [5.74, 6) is -0.208. The summed E-state index contributed by atoms with van der Waals surface area (Å²) in [6.45, 7) is 3.63. The number of alkyl halides is 3. The van der Waals surface area contributed by atoms with E-state index < -0.39 is 11.7 Å². The molecule has 1 saturated heterocycles. The topological polar surface area (TPSA) is 46.4 Å². The van der Waals surface area contributed by atoms with E-state index in [1.165, 1.54) is 24.2 Å². The summed E-state index contributed by atoms with van der Waals surface area (Å²) < 4.78 is 41.7. The van der Waals surface area contributed by atoms with E-state index in [2.05, 4.69) is 5.32 Å². The molecule has 2 heterocycles. The van der Waals surface area contributed by atoms with Gasteiger partial charge in [0.2, 0.25) is 0 Å². The first-order valence-corrected chi connectivity index (χ1v) is 11.7. The van der Waals surface area contributed by atoms with Gasteiger partial charge in [-0.1, -0.05) is 30.9 Å². The average Bonchev–Trinajstić information content (AvgIpc) is 3.21. The minimum Gasteiger partial charge on any atom is -0.318 e. The van der Waals surface area contributed by atoms with E-state index in [1.807, 2.05) is 19.9 Å². The second kappa shape index (κ2) is 8.98. The molecule has 1 N–H and O–H groups in total. The lowest BCUT2D eigenvalue weighted by molar-refractivity contribution is -0.137. The molecule has 0 unspecified atom stereocenters. The van der Waals surface area contributed by atoms with Crippen molar-refractivity contribution in [2.24, 2.45) is 4.99 Å². The molecule has 1 amide bonds. The molecule has 2 aromatic rings. The smallest absolute Gasteiger partial charge is 0.318 e. The van der Waals surface area contributed by atoms with Crippen LogP contribution < -0.4 is 5.32 Å². The SMILES string of the molecule is Cc1cc(C=C2SC(=NC3CCCCC3)NC2=O)c(C)n1-c1ccc(Cl)c(C(F)(F)F)c1. The van der Waals surface area contributed by atoms with Gasteiger partial charge >= 0.3 is 6.18 Å². The second-order valence-corrected chi connectivity index (χ2v) is 9.55. The highest BCUT2D eigenvalue weighted by Crippen LogP contribution is 2.37. The molecule has 170 valence electrons. The Balaban J connectivity index is 1.63. The highest BCUT2D eigenvalue weighted by molar-refractivity contribution is 8.18. The number of carbonyl (C=O) groups excluding carboxylic acids is 1. The van der Waals surface area contributed by atoms with Gasteiger partial charge in [0.1, 0.15) is 0 Å². The van der Waals surface area contributed by atoms with E-state index in [0.717, 1.165) is 48.7 Å². The number of amides is 1. The number of carbonyl (C=O) groups is 1. The van der Waals surface area contributed by atoms with Crippen molar-refractivity contribution in [2.45, 2.75) is 58.2 Å². The number of aromatic nitrogens is 1. The van der Waals surface area contributed by atoms with Gasteiger partial charge in [0.15, 0.2) is 5.17 Å². The molecule has 4 rings (SSSR count). The Morgan fingerprint density at radius 2 is 1.91 bits per heavy atom. The third-order valence-electron chi connectivity index (χ3n) is 5.80. The summed E-state index contributed by atoms with van der Waals surface area (Å²) in [5.41, 5.74) is 1.74. The highest BCUT2D eigenvalue weighted by Gasteiger charge is 2.33.